The van der Waals surface area contributed by atoms with E-state index in [0.29, 0.717) is 38.2 Å². The number of fused-ring (bicyclic) bond motifs is 1. The van der Waals surface area contributed by atoms with E-state index >= 15 is 0 Å². The minimum absolute atomic E-state index is 0.0989. The van der Waals surface area contributed by atoms with E-state index in [1.807, 2.05) is 6.07 Å². The quantitative estimate of drug-likeness (QED) is 0.465. The second-order valence-corrected chi connectivity index (χ2v) is 6.74. The number of Topliss-reactive ketones (excluding diaryl/α,β-unsaturated/α-hetero) is 2. The molecule has 1 aromatic heterocycles. The molecule has 3 aromatic rings. The Morgan fingerprint density at radius 1 is 0.962 bits per heavy atom. The summed E-state index contributed by atoms with van der Waals surface area (Å²) in [5, 5.41) is 5.29. The molecule has 1 heterocycles. The van der Waals surface area contributed by atoms with Gasteiger partial charge in [-0.15, -0.1) is 0 Å². The number of rotatable bonds is 2. The van der Waals surface area contributed by atoms with Crippen molar-refractivity contribution >= 4 is 40.8 Å². The Balaban J connectivity index is 1.82. The van der Waals surface area contributed by atoms with Crippen molar-refractivity contribution in [3.8, 4) is 5.69 Å². The Labute approximate surface area is 159 Å². The molecule has 0 spiro atoms. The van der Waals surface area contributed by atoms with Gasteiger partial charge in [0.25, 0.3) is 0 Å². The molecular weight excluding hydrogens is 371 g/mol. The average Bonchev–Trinajstić information content (AvgIpc) is 3.05. The summed E-state index contributed by atoms with van der Waals surface area (Å²) < 4.78 is 1.53. The third-order valence-corrected chi connectivity index (χ3v) is 4.89. The fourth-order valence-electron chi connectivity index (χ4n) is 3.00. The maximum atomic E-state index is 12.6. The lowest BCUT2D eigenvalue weighted by Crippen LogP contribution is -2.00. The molecule has 0 amide bonds. The average molecular weight is 383 g/mol. The highest BCUT2D eigenvalue weighted by molar-refractivity contribution is 6.41. The van der Waals surface area contributed by atoms with Crippen LogP contribution in [0.4, 0.5) is 0 Å². The Morgan fingerprint density at radius 2 is 1.62 bits per heavy atom. The smallest absolute Gasteiger partial charge is 0.197 e. The number of hydrogen-bond donors (Lipinski definition) is 0. The van der Waals surface area contributed by atoms with Crippen LogP contribution in [0.25, 0.3) is 11.8 Å². The van der Waals surface area contributed by atoms with Crippen LogP contribution in [0.5, 0.6) is 0 Å². The largest absolute Gasteiger partial charge is 0.288 e. The molecule has 0 saturated heterocycles. The first-order valence-corrected chi connectivity index (χ1v) is 8.64. The van der Waals surface area contributed by atoms with Crippen LogP contribution in [0, 0.1) is 6.92 Å². The third kappa shape index (κ3) is 2.59. The number of ketones is 2. The van der Waals surface area contributed by atoms with Gasteiger partial charge in [0, 0.05) is 21.7 Å². The van der Waals surface area contributed by atoms with Gasteiger partial charge in [-0.05, 0) is 31.2 Å². The number of nitrogens with zero attached hydrogens (tertiary/aromatic N) is 2. The lowest BCUT2D eigenvalue weighted by molar-refractivity contribution is 0.0990. The third-order valence-electron chi connectivity index (χ3n) is 4.30. The molecule has 0 fully saturated rings. The molecule has 0 aliphatic heterocycles. The monoisotopic (exact) mass is 382 g/mol. The van der Waals surface area contributed by atoms with Gasteiger partial charge in [-0.2, -0.15) is 5.10 Å². The molecule has 128 valence electrons. The van der Waals surface area contributed by atoms with Crippen molar-refractivity contribution in [3.05, 3.63) is 86.7 Å². The molecule has 26 heavy (non-hydrogen) atoms. The van der Waals surface area contributed by atoms with Crippen molar-refractivity contribution in [1.29, 1.82) is 0 Å². The van der Waals surface area contributed by atoms with Gasteiger partial charge in [-0.1, -0.05) is 53.5 Å². The van der Waals surface area contributed by atoms with Crippen molar-refractivity contribution in [3.63, 3.8) is 0 Å². The van der Waals surface area contributed by atoms with Crippen LogP contribution in [0.3, 0.4) is 0 Å². The van der Waals surface area contributed by atoms with Gasteiger partial charge in [0.1, 0.15) is 5.15 Å². The number of allylic oxidation sites excluding steroid dienone is 1. The molecule has 4 rings (SSSR count). The van der Waals surface area contributed by atoms with Gasteiger partial charge < -0.3 is 0 Å². The van der Waals surface area contributed by atoms with Gasteiger partial charge in [0.2, 0.25) is 0 Å². The number of carbonyl (C=O) groups excluding carboxylic acids is 2. The fourth-order valence-corrected chi connectivity index (χ4v) is 3.51. The van der Waals surface area contributed by atoms with Crippen LogP contribution in [0.15, 0.2) is 54.1 Å². The zero-order valence-electron chi connectivity index (χ0n) is 13.7. The van der Waals surface area contributed by atoms with E-state index in [4.69, 9.17) is 23.2 Å². The molecule has 0 bridgehead atoms. The molecule has 6 heteroatoms. The van der Waals surface area contributed by atoms with Gasteiger partial charge >= 0.3 is 0 Å². The fraction of sp³-hybridized carbons (Fsp3) is 0.0500. The number of aromatic nitrogens is 2. The summed E-state index contributed by atoms with van der Waals surface area (Å²) in [4.78, 5) is 25.2. The van der Waals surface area contributed by atoms with Crippen LogP contribution in [-0.4, -0.2) is 21.3 Å². The van der Waals surface area contributed by atoms with Gasteiger partial charge in [0.05, 0.1) is 17.0 Å². The number of halogens is 2. The molecule has 1 aliphatic rings. The van der Waals surface area contributed by atoms with E-state index in [0.717, 1.165) is 0 Å². The molecule has 0 radical (unpaired) electrons. The van der Waals surface area contributed by atoms with Crippen LogP contribution in [-0.2, 0) is 0 Å². The normalized spacial score (nSPS) is 13.3. The van der Waals surface area contributed by atoms with Gasteiger partial charge in [-0.25, -0.2) is 4.68 Å². The van der Waals surface area contributed by atoms with Crippen molar-refractivity contribution in [2.45, 2.75) is 6.92 Å². The summed E-state index contributed by atoms with van der Waals surface area (Å²) in [5.74, 6) is -0.590. The topological polar surface area (TPSA) is 52.0 Å². The molecule has 0 unspecified atom stereocenters. The number of carbonyl (C=O) groups is 2. The first-order valence-electron chi connectivity index (χ1n) is 7.88. The van der Waals surface area contributed by atoms with Crippen molar-refractivity contribution in [2.75, 3.05) is 0 Å². The minimum Gasteiger partial charge on any atom is -0.288 e. The Hall–Kier alpha value is -2.69. The van der Waals surface area contributed by atoms with E-state index in [1.54, 1.807) is 49.4 Å². The minimum atomic E-state index is -0.295. The Bertz CT molecular complexity index is 1080. The highest BCUT2D eigenvalue weighted by Crippen LogP contribution is 2.31. The van der Waals surface area contributed by atoms with Crippen LogP contribution in [0.2, 0.25) is 10.2 Å². The van der Waals surface area contributed by atoms with Crippen LogP contribution < -0.4 is 0 Å². The van der Waals surface area contributed by atoms with Crippen LogP contribution in [0.1, 0.15) is 32.0 Å². The Morgan fingerprint density at radius 3 is 2.23 bits per heavy atom. The maximum Gasteiger partial charge on any atom is 0.197 e. The number of hydrogen-bond acceptors (Lipinski definition) is 3. The molecule has 1 aliphatic carbocycles. The second kappa shape index (κ2) is 6.24. The lowest BCUT2D eigenvalue weighted by Gasteiger charge is -2.03. The molecule has 4 nitrogen and oxygen atoms in total. The van der Waals surface area contributed by atoms with E-state index in [1.165, 1.54) is 10.8 Å². The highest BCUT2D eigenvalue weighted by atomic mass is 35.5. The van der Waals surface area contributed by atoms with E-state index < -0.39 is 0 Å². The van der Waals surface area contributed by atoms with Gasteiger partial charge in [-0.3, -0.25) is 9.59 Å². The number of aryl methyl sites for hydroxylation is 1. The summed E-state index contributed by atoms with van der Waals surface area (Å²) in [7, 11) is 0. The summed E-state index contributed by atoms with van der Waals surface area (Å²) in [5.41, 5.74) is 2.78. The zero-order valence-corrected chi connectivity index (χ0v) is 15.2. The Kier molecular flexibility index (Phi) is 4.02. The maximum absolute atomic E-state index is 12.6. The van der Waals surface area contributed by atoms with Gasteiger partial charge in [0.15, 0.2) is 11.6 Å². The van der Waals surface area contributed by atoms with E-state index in [2.05, 4.69) is 5.10 Å². The molecule has 0 saturated carbocycles. The standard InChI is InChI=1S/C20H12Cl2N2O2/c1-11-16(20(22)24(23-11)13-6-4-5-12(21)9-13)10-17-18(25)14-7-2-3-8-15(14)19(17)26/h2-10H,1H3. The molecular formula is C20H12Cl2N2O2. The predicted octanol–water partition coefficient (Wildman–Crippen LogP) is 4.95. The number of benzene rings is 2. The highest BCUT2D eigenvalue weighted by Gasteiger charge is 2.33. The van der Waals surface area contributed by atoms with E-state index in [-0.39, 0.29) is 17.1 Å². The summed E-state index contributed by atoms with van der Waals surface area (Å²) in [6, 6.07) is 13.9. The first kappa shape index (κ1) is 16.8. The van der Waals surface area contributed by atoms with Crippen molar-refractivity contribution in [1.82, 2.24) is 9.78 Å². The zero-order chi connectivity index (χ0) is 18.4. The SMILES string of the molecule is Cc1nn(-c2cccc(Cl)c2)c(Cl)c1C=C1C(=O)c2ccccc2C1=O. The van der Waals surface area contributed by atoms with Crippen molar-refractivity contribution in [2.24, 2.45) is 0 Å². The first-order chi connectivity index (χ1) is 12.5. The molecule has 0 atom stereocenters. The van der Waals surface area contributed by atoms with E-state index in [9.17, 15) is 9.59 Å². The second-order valence-electron chi connectivity index (χ2n) is 5.94. The lowest BCUT2D eigenvalue weighted by atomic mass is 10.1. The predicted molar refractivity (Wildman–Crippen MR) is 101 cm³/mol. The van der Waals surface area contributed by atoms with Crippen LogP contribution >= 0.6 is 23.2 Å². The van der Waals surface area contributed by atoms with Crippen molar-refractivity contribution < 1.29 is 9.59 Å². The molecule has 2 aromatic carbocycles. The summed E-state index contributed by atoms with van der Waals surface area (Å²) >= 11 is 12.5. The summed E-state index contributed by atoms with van der Waals surface area (Å²) in [6.07, 6.45) is 1.52. The summed E-state index contributed by atoms with van der Waals surface area (Å²) in [6.45, 7) is 1.77. The molecule has 0 N–H and O–H groups in total.